The second kappa shape index (κ2) is 13.5. The lowest BCUT2D eigenvalue weighted by Gasteiger charge is -2.35. The van der Waals surface area contributed by atoms with E-state index in [0.29, 0.717) is 13.1 Å². The van der Waals surface area contributed by atoms with E-state index in [2.05, 4.69) is 0 Å². The molecule has 0 aromatic rings. The second-order valence-electron chi connectivity index (χ2n) is 8.21. The smallest absolute Gasteiger partial charge is 0.143 e. The Morgan fingerprint density at radius 3 is 0.966 bits per heavy atom. The normalized spacial score (nSPS) is 13.6. The SMILES string of the molecule is CC(=O)CN(CC(C)N(CC(C)=O)CC(C)=O)CC(C)N(CC(C)=O)CC(C)=O. The summed E-state index contributed by atoms with van der Waals surface area (Å²) in [5.74, 6) is -0.117. The van der Waals surface area contributed by atoms with Gasteiger partial charge in [-0.05, 0) is 48.5 Å². The summed E-state index contributed by atoms with van der Waals surface area (Å²) >= 11 is 0. The van der Waals surface area contributed by atoms with Crippen LogP contribution in [0.3, 0.4) is 0 Å². The lowest BCUT2D eigenvalue weighted by atomic mass is 10.1. The molecule has 8 nitrogen and oxygen atoms in total. The van der Waals surface area contributed by atoms with Gasteiger partial charge < -0.3 is 0 Å². The molecule has 0 heterocycles. The van der Waals surface area contributed by atoms with Crippen LogP contribution < -0.4 is 0 Å². The Labute approximate surface area is 174 Å². The molecule has 29 heavy (non-hydrogen) atoms. The average molecular weight is 412 g/mol. The molecule has 0 spiro atoms. The summed E-state index contributed by atoms with van der Waals surface area (Å²) in [6.07, 6.45) is 0. The van der Waals surface area contributed by atoms with Crippen molar-refractivity contribution >= 4 is 28.9 Å². The highest BCUT2D eigenvalue weighted by molar-refractivity contribution is 5.81. The molecule has 0 radical (unpaired) electrons. The summed E-state index contributed by atoms with van der Waals surface area (Å²) in [5.41, 5.74) is 0. The lowest BCUT2D eigenvalue weighted by Crippen LogP contribution is -2.51. The maximum absolute atomic E-state index is 11.8. The summed E-state index contributed by atoms with van der Waals surface area (Å²) in [5, 5.41) is 0. The third-order valence-electron chi connectivity index (χ3n) is 4.44. The minimum atomic E-state index is -0.122. The third-order valence-corrected chi connectivity index (χ3v) is 4.44. The number of ketones is 5. The molecule has 166 valence electrons. The van der Waals surface area contributed by atoms with Gasteiger partial charge in [0.1, 0.15) is 28.9 Å². The molecule has 0 aliphatic carbocycles. The molecule has 0 aromatic heterocycles. The van der Waals surface area contributed by atoms with Crippen molar-refractivity contribution in [1.29, 1.82) is 0 Å². The van der Waals surface area contributed by atoms with Crippen LogP contribution in [0.1, 0.15) is 48.5 Å². The van der Waals surface area contributed by atoms with Crippen molar-refractivity contribution in [3.05, 3.63) is 0 Å². The monoisotopic (exact) mass is 411 g/mol. The number of carbonyl (C=O) groups excluding carboxylic acids is 5. The van der Waals surface area contributed by atoms with Crippen molar-refractivity contribution in [3.8, 4) is 0 Å². The lowest BCUT2D eigenvalue weighted by molar-refractivity contribution is -0.123. The van der Waals surface area contributed by atoms with Crippen LogP contribution in [-0.4, -0.2) is 102 Å². The molecule has 0 saturated carbocycles. The van der Waals surface area contributed by atoms with Crippen molar-refractivity contribution in [3.63, 3.8) is 0 Å². The topological polar surface area (TPSA) is 95.1 Å². The number of carbonyl (C=O) groups is 5. The molecular weight excluding hydrogens is 374 g/mol. The first-order valence-electron chi connectivity index (χ1n) is 9.99. The molecule has 0 amide bonds. The van der Waals surface area contributed by atoms with Crippen molar-refractivity contribution in [2.45, 2.75) is 60.5 Å². The molecule has 0 aliphatic rings. The van der Waals surface area contributed by atoms with Gasteiger partial charge in [0, 0.05) is 25.2 Å². The molecule has 0 bridgehead atoms. The Morgan fingerprint density at radius 1 is 0.517 bits per heavy atom. The zero-order valence-corrected chi connectivity index (χ0v) is 19.0. The van der Waals surface area contributed by atoms with E-state index in [9.17, 15) is 24.0 Å². The fourth-order valence-electron chi connectivity index (χ4n) is 3.38. The molecule has 0 aliphatic heterocycles. The van der Waals surface area contributed by atoms with Crippen molar-refractivity contribution in [2.24, 2.45) is 0 Å². The molecule has 2 atom stereocenters. The Hall–Kier alpha value is -1.77. The zero-order chi connectivity index (χ0) is 22.7. The first kappa shape index (κ1) is 27.2. The Balaban J connectivity index is 5.31. The van der Waals surface area contributed by atoms with E-state index in [-0.39, 0.29) is 73.7 Å². The molecule has 8 heteroatoms. The zero-order valence-electron chi connectivity index (χ0n) is 19.0. The summed E-state index contributed by atoms with van der Waals surface area (Å²) in [6, 6.07) is -0.244. The highest BCUT2D eigenvalue weighted by atomic mass is 16.1. The maximum Gasteiger partial charge on any atom is 0.143 e. The van der Waals surface area contributed by atoms with Crippen LogP contribution in [0.4, 0.5) is 0 Å². The minimum Gasteiger partial charge on any atom is -0.299 e. The Morgan fingerprint density at radius 2 is 0.759 bits per heavy atom. The van der Waals surface area contributed by atoms with E-state index >= 15 is 0 Å². The van der Waals surface area contributed by atoms with Gasteiger partial charge in [0.25, 0.3) is 0 Å². The number of nitrogens with zero attached hydrogens (tertiary/aromatic N) is 3. The predicted octanol–water partition coefficient (Wildman–Crippen LogP) is 0.614. The standard InChI is InChI=1S/C21H37N3O5/c1-15(23(11-18(4)26)12-19(5)27)8-22(10-17(3)25)9-16(2)24(13-20(6)28)14-21(7)29/h15-16H,8-14H2,1-7H3. The molecule has 2 unspecified atom stereocenters. The van der Waals surface area contributed by atoms with Gasteiger partial charge >= 0.3 is 0 Å². The highest BCUT2D eigenvalue weighted by Crippen LogP contribution is 2.08. The van der Waals surface area contributed by atoms with Crippen LogP contribution in [0.5, 0.6) is 0 Å². The van der Waals surface area contributed by atoms with Gasteiger partial charge in [-0.1, -0.05) is 0 Å². The van der Waals surface area contributed by atoms with Crippen LogP contribution in [0, 0.1) is 0 Å². The Kier molecular flexibility index (Phi) is 12.6. The van der Waals surface area contributed by atoms with E-state index in [4.69, 9.17) is 0 Å². The van der Waals surface area contributed by atoms with E-state index in [0.717, 1.165) is 0 Å². The average Bonchev–Trinajstić information content (AvgIpc) is 2.50. The van der Waals surface area contributed by atoms with E-state index in [1.807, 2.05) is 28.5 Å². The van der Waals surface area contributed by atoms with Gasteiger partial charge in [0.05, 0.1) is 32.7 Å². The van der Waals surface area contributed by atoms with Gasteiger partial charge in [0.15, 0.2) is 0 Å². The Bertz CT molecular complexity index is 529. The van der Waals surface area contributed by atoms with Crippen molar-refractivity contribution in [1.82, 2.24) is 14.7 Å². The van der Waals surface area contributed by atoms with Gasteiger partial charge in [-0.25, -0.2) is 0 Å². The molecule has 0 N–H and O–H groups in total. The fraction of sp³-hybridized carbons (Fsp3) is 0.762. The van der Waals surface area contributed by atoms with Crippen LogP contribution in [0.25, 0.3) is 0 Å². The van der Waals surface area contributed by atoms with Crippen molar-refractivity contribution in [2.75, 3.05) is 45.8 Å². The van der Waals surface area contributed by atoms with E-state index in [1.165, 1.54) is 34.6 Å². The summed E-state index contributed by atoms with van der Waals surface area (Å²) in [7, 11) is 0. The maximum atomic E-state index is 11.8. The van der Waals surface area contributed by atoms with Crippen molar-refractivity contribution < 1.29 is 24.0 Å². The fourth-order valence-corrected chi connectivity index (χ4v) is 3.38. The summed E-state index contributed by atoms with van der Waals surface area (Å²) < 4.78 is 0. The number of hydrogen-bond acceptors (Lipinski definition) is 8. The van der Waals surface area contributed by atoms with Crippen LogP contribution in [-0.2, 0) is 24.0 Å². The van der Waals surface area contributed by atoms with Crippen LogP contribution in [0.15, 0.2) is 0 Å². The quantitative estimate of drug-likeness (QED) is 0.365. The highest BCUT2D eigenvalue weighted by Gasteiger charge is 2.24. The van der Waals surface area contributed by atoms with E-state index < -0.39 is 0 Å². The first-order valence-corrected chi connectivity index (χ1v) is 9.99. The van der Waals surface area contributed by atoms with Gasteiger partial charge in [-0.3, -0.25) is 38.7 Å². The third kappa shape index (κ3) is 13.1. The van der Waals surface area contributed by atoms with Gasteiger partial charge in [-0.15, -0.1) is 0 Å². The first-order chi connectivity index (χ1) is 13.3. The predicted molar refractivity (Wildman–Crippen MR) is 112 cm³/mol. The minimum absolute atomic E-state index is 0.00114. The van der Waals surface area contributed by atoms with Crippen LogP contribution in [0.2, 0.25) is 0 Å². The number of Topliss-reactive ketones (excluding diaryl/α,β-unsaturated/α-hetero) is 5. The second-order valence-corrected chi connectivity index (χ2v) is 8.21. The number of rotatable bonds is 16. The summed E-state index contributed by atoms with van der Waals surface area (Å²) in [6.45, 7) is 13.2. The largest absolute Gasteiger partial charge is 0.299 e. The molecule has 0 fully saturated rings. The van der Waals surface area contributed by atoms with E-state index in [1.54, 1.807) is 0 Å². The summed E-state index contributed by atoms with van der Waals surface area (Å²) in [4.78, 5) is 63.7. The molecule has 0 aromatic carbocycles. The van der Waals surface area contributed by atoms with Crippen LogP contribution >= 0.6 is 0 Å². The number of hydrogen-bond donors (Lipinski definition) is 0. The molecular formula is C21H37N3O5. The van der Waals surface area contributed by atoms with Gasteiger partial charge in [0.2, 0.25) is 0 Å². The van der Waals surface area contributed by atoms with Gasteiger partial charge in [-0.2, -0.15) is 0 Å². The molecule has 0 rings (SSSR count). The molecule has 0 saturated heterocycles.